The summed E-state index contributed by atoms with van der Waals surface area (Å²) >= 11 is 1.69. The van der Waals surface area contributed by atoms with Crippen LogP contribution in [0.25, 0.3) is 0 Å². The Morgan fingerprint density at radius 3 is 2.17 bits per heavy atom. The highest BCUT2D eigenvalue weighted by atomic mass is 32.2. The maximum absolute atomic E-state index is 12.4. The number of carbonyl (C=O) groups excluding carboxylic acids is 2. The molecule has 0 saturated carbocycles. The van der Waals surface area contributed by atoms with E-state index in [1.54, 1.807) is 16.7 Å². The number of urea groups is 1. The lowest BCUT2D eigenvalue weighted by Gasteiger charge is -2.35. The van der Waals surface area contributed by atoms with Gasteiger partial charge in [0.2, 0.25) is 5.91 Å². The molecule has 0 spiro atoms. The van der Waals surface area contributed by atoms with Gasteiger partial charge in [0.25, 0.3) is 0 Å². The van der Waals surface area contributed by atoms with Crippen molar-refractivity contribution in [3.05, 3.63) is 29.8 Å². The van der Waals surface area contributed by atoms with Crippen molar-refractivity contribution in [3.8, 4) is 0 Å². The first-order valence-corrected chi connectivity index (χ1v) is 9.18. The lowest BCUT2D eigenvalue weighted by Crippen LogP contribution is -2.54. The van der Waals surface area contributed by atoms with E-state index in [-0.39, 0.29) is 18.0 Å². The molecule has 0 bridgehead atoms. The SMILES string of the molecule is CSc1ccc(CC(=O)N2CCN(C(=O)NC(C)C)CC2)cc1. The molecule has 2 rings (SSSR count). The molecular formula is C17H25N3O2S. The van der Waals surface area contributed by atoms with E-state index in [1.807, 2.05) is 49.3 Å². The van der Waals surface area contributed by atoms with Crippen LogP contribution in [0.4, 0.5) is 4.79 Å². The monoisotopic (exact) mass is 335 g/mol. The Hall–Kier alpha value is -1.69. The quantitative estimate of drug-likeness (QED) is 0.859. The van der Waals surface area contributed by atoms with Gasteiger partial charge in [-0.15, -0.1) is 11.8 Å². The van der Waals surface area contributed by atoms with E-state index in [4.69, 9.17) is 0 Å². The first kappa shape index (κ1) is 17.7. The number of nitrogens with one attached hydrogen (secondary N) is 1. The van der Waals surface area contributed by atoms with Gasteiger partial charge in [-0.05, 0) is 37.8 Å². The molecule has 0 atom stereocenters. The summed E-state index contributed by atoms with van der Waals surface area (Å²) in [6.07, 6.45) is 2.46. The van der Waals surface area contributed by atoms with Crippen molar-refractivity contribution >= 4 is 23.7 Å². The summed E-state index contributed by atoms with van der Waals surface area (Å²) in [6.45, 7) is 6.28. The van der Waals surface area contributed by atoms with Gasteiger partial charge in [-0.2, -0.15) is 0 Å². The van der Waals surface area contributed by atoms with Crippen molar-refractivity contribution in [2.24, 2.45) is 0 Å². The van der Waals surface area contributed by atoms with E-state index in [2.05, 4.69) is 5.32 Å². The Kier molecular flexibility index (Phi) is 6.33. The third-order valence-corrected chi connectivity index (χ3v) is 4.59. The van der Waals surface area contributed by atoms with Gasteiger partial charge in [0.05, 0.1) is 6.42 Å². The molecule has 1 N–H and O–H groups in total. The fourth-order valence-electron chi connectivity index (χ4n) is 2.53. The highest BCUT2D eigenvalue weighted by molar-refractivity contribution is 7.98. The molecule has 1 aliphatic heterocycles. The van der Waals surface area contributed by atoms with E-state index < -0.39 is 0 Å². The average molecular weight is 335 g/mol. The molecule has 1 aromatic carbocycles. The first-order valence-electron chi connectivity index (χ1n) is 7.95. The lowest BCUT2D eigenvalue weighted by atomic mass is 10.1. The molecule has 1 saturated heterocycles. The standard InChI is InChI=1S/C17H25N3O2S/c1-13(2)18-17(22)20-10-8-19(9-11-20)16(21)12-14-4-6-15(23-3)7-5-14/h4-7,13H,8-12H2,1-3H3,(H,18,22). The average Bonchev–Trinajstić information content (AvgIpc) is 2.55. The summed E-state index contributed by atoms with van der Waals surface area (Å²) in [4.78, 5) is 29.1. The molecule has 0 radical (unpaired) electrons. The summed E-state index contributed by atoms with van der Waals surface area (Å²) in [5, 5.41) is 2.89. The van der Waals surface area contributed by atoms with Gasteiger partial charge in [-0.3, -0.25) is 4.79 Å². The molecule has 3 amide bonds. The summed E-state index contributed by atoms with van der Waals surface area (Å²) in [5.41, 5.74) is 1.03. The van der Waals surface area contributed by atoms with Crippen LogP contribution in [0.15, 0.2) is 29.2 Å². The molecule has 6 heteroatoms. The number of thioether (sulfide) groups is 1. The Morgan fingerprint density at radius 2 is 1.65 bits per heavy atom. The van der Waals surface area contributed by atoms with Gasteiger partial charge in [-0.25, -0.2) is 4.79 Å². The Morgan fingerprint density at radius 1 is 1.09 bits per heavy atom. The van der Waals surface area contributed by atoms with Crippen molar-refractivity contribution in [3.63, 3.8) is 0 Å². The van der Waals surface area contributed by atoms with Crippen LogP contribution < -0.4 is 5.32 Å². The van der Waals surface area contributed by atoms with Crippen molar-refractivity contribution in [1.82, 2.24) is 15.1 Å². The second-order valence-electron chi connectivity index (χ2n) is 6.00. The predicted molar refractivity (Wildman–Crippen MR) is 93.7 cm³/mol. The van der Waals surface area contributed by atoms with Crippen molar-refractivity contribution < 1.29 is 9.59 Å². The minimum atomic E-state index is -0.0419. The van der Waals surface area contributed by atoms with Gasteiger partial charge in [0.15, 0.2) is 0 Å². The summed E-state index contributed by atoms with van der Waals surface area (Å²) in [5.74, 6) is 0.130. The summed E-state index contributed by atoms with van der Waals surface area (Å²) in [6, 6.07) is 8.20. The lowest BCUT2D eigenvalue weighted by molar-refractivity contribution is -0.131. The van der Waals surface area contributed by atoms with Gasteiger partial charge < -0.3 is 15.1 Å². The second kappa shape index (κ2) is 8.24. The van der Waals surface area contributed by atoms with Crippen LogP contribution >= 0.6 is 11.8 Å². The molecule has 0 aliphatic carbocycles. The topological polar surface area (TPSA) is 52.7 Å². The van der Waals surface area contributed by atoms with Crippen LogP contribution in [0.5, 0.6) is 0 Å². The van der Waals surface area contributed by atoms with E-state index in [0.717, 1.165) is 5.56 Å². The number of hydrogen-bond donors (Lipinski definition) is 1. The van der Waals surface area contributed by atoms with E-state index in [1.165, 1.54) is 4.90 Å². The third-order valence-electron chi connectivity index (χ3n) is 3.85. The molecule has 23 heavy (non-hydrogen) atoms. The zero-order chi connectivity index (χ0) is 16.8. The fraction of sp³-hybridized carbons (Fsp3) is 0.529. The van der Waals surface area contributed by atoms with Crippen LogP contribution in [-0.2, 0) is 11.2 Å². The van der Waals surface area contributed by atoms with Gasteiger partial charge in [0.1, 0.15) is 0 Å². The first-order chi connectivity index (χ1) is 11.0. The predicted octanol–water partition coefficient (Wildman–Crippen LogP) is 2.21. The second-order valence-corrected chi connectivity index (χ2v) is 6.88. The largest absolute Gasteiger partial charge is 0.339 e. The van der Waals surface area contributed by atoms with Gasteiger partial charge in [0, 0.05) is 37.1 Å². The Balaban J connectivity index is 1.82. The molecule has 0 aromatic heterocycles. The molecule has 1 aromatic rings. The summed E-state index contributed by atoms with van der Waals surface area (Å²) in [7, 11) is 0. The number of carbonyl (C=O) groups is 2. The molecule has 1 heterocycles. The molecule has 5 nitrogen and oxygen atoms in total. The zero-order valence-electron chi connectivity index (χ0n) is 14.0. The maximum Gasteiger partial charge on any atom is 0.317 e. The molecule has 1 aliphatic rings. The minimum absolute atomic E-state index is 0.0419. The molecule has 0 unspecified atom stereocenters. The number of amides is 3. The van der Waals surface area contributed by atoms with Crippen LogP contribution in [0, 0.1) is 0 Å². The van der Waals surface area contributed by atoms with Crippen LogP contribution in [0.3, 0.4) is 0 Å². The van der Waals surface area contributed by atoms with E-state index in [9.17, 15) is 9.59 Å². The molecule has 126 valence electrons. The van der Waals surface area contributed by atoms with Crippen molar-refractivity contribution in [2.75, 3.05) is 32.4 Å². The number of benzene rings is 1. The Labute approximate surface area is 142 Å². The molecular weight excluding hydrogens is 310 g/mol. The van der Waals surface area contributed by atoms with Gasteiger partial charge in [-0.1, -0.05) is 12.1 Å². The highest BCUT2D eigenvalue weighted by Gasteiger charge is 2.24. The van der Waals surface area contributed by atoms with Crippen LogP contribution in [0.2, 0.25) is 0 Å². The highest BCUT2D eigenvalue weighted by Crippen LogP contribution is 2.15. The minimum Gasteiger partial charge on any atom is -0.339 e. The van der Waals surface area contributed by atoms with E-state index >= 15 is 0 Å². The fourth-order valence-corrected chi connectivity index (χ4v) is 2.94. The zero-order valence-corrected chi connectivity index (χ0v) is 14.9. The van der Waals surface area contributed by atoms with Crippen molar-refractivity contribution in [2.45, 2.75) is 31.2 Å². The van der Waals surface area contributed by atoms with E-state index in [0.29, 0.717) is 32.6 Å². The van der Waals surface area contributed by atoms with Crippen molar-refractivity contribution in [1.29, 1.82) is 0 Å². The maximum atomic E-state index is 12.4. The number of piperazine rings is 1. The van der Waals surface area contributed by atoms with Crippen LogP contribution in [-0.4, -0.2) is 60.2 Å². The van der Waals surface area contributed by atoms with Crippen LogP contribution in [0.1, 0.15) is 19.4 Å². The summed E-state index contributed by atoms with van der Waals surface area (Å²) < 4.78 is 0. The molecule has 1 fully saturated rings. The van der Waals surface area contributed by atoms with Gasteiger partial charge >= 0.3 is 6.03 Å². The third kappa shape index (κ3) is 5.16. The Bertz CT molecular complexity index is 537. The number of nitrogens with zero attached hydrogens (tertiary/aromatic N) is 2. The smallest absolute Gasteiger partial charge is 0.317 e. The number of hydrogen-bond acceptors (Lipinski definition) is 3. The number of rotatable bonds is 4. The normalized spacial score (nSPS) is 15.0.